The Morgan fingerprint density at radius 1 is 1.08 bits per heavy atom. The zero-order chi connectivity index (χ0) is 17.1. The molecule has 0 atom stereocenters. The fraction of sp³-hybridized carbons (Fsp3) is 0.333. The lowest BCUT2D eigenvalue weighted by Gasteiger charge is -2.20. The predicted molar refractivity (Wildman–Crippen MR) is 105 cm³/mol. The van der Waals surface area contributed by atoms with Crippen molar-refractivity contribution in [2.24, 2.45) is 4.99 Å². The van der Waals surface area contributed by atoms with Gasteiger partial charge in [0.05, 0.1) is 17.1 Å². The van der Waals surface area contributed by atoms with E-state index in [2.05, 4.69) is 40.2 Å². The van der Waals surface area contributed by atoms with Gasteiger partial charge in [0.1, 0.15) is 0 Å². The average molecular weight is 332 g/mol. The van der Waals surface area contributed by atoms with Gasteiger partial charge in [-0.1, -0.05) is 6.07 Å². The van der Waals surface area contributed by atoms with Crippen molar-refractivity contribution >= 4 is 23.2 Å². The van der Waals surface area contributed by atoms with Crippen LogP contribution in [-0.2, 0) is 0 Å². The Kier molecular flexibility index (Phi) is 4.51. The fourth-order valence-corrected chi connectivity index (χ4v) is 3.71. The Morgan fingerprint density at radius 2 is 1.96 bits per heavy atom. The summed E-state index contributed by atoms with van der Waals surface area (Å²) >= 11 is 0. The SMILES string of the molecule is Nc1cc(C=C2CCCN=C2c2cccnc2)ccc1N1CCCC1. The molecular weight excluding hydrogens is 308 g/mol. The van der Waals surface area contributed by atoms with Crippen LogP contribution in [0.4, 0.5) is 11.4 Å². The molecule has 2 aliphatic heterocycles. The highest BCUT2D eigenvalue weighted by atomic mass is 15.1. The van der Waals surface area contributed by atoms with E-state index in [1.165, 1.54) is 24.1 Å². The molecule has 4 heteroatoms. The summed E-state index contributed by atoms with van der Waals surface area (Å²) in [6, 6.07) is 10.5. The summed E-state index contributed by atoms with van der Waals surface area (Å²) in [4.78, 5) is 11.4. The molecule has 2 aromatic rings. The first kappa shape index (κ1) is 15.9. The van der Waals surface area contributed by atoms with Gasteiger partial charge in [0.25, 0.3) is 0 Å². The fourth-order valence-electron chi connectivity index (χ4n) is 3.71. The van der Waals surface area contributed by atoms with Crippen molar-refractivity contribution in [2.75, 3.05) is 30.3 Å². The molecule has 0 saturated carbocycles. The standard InChI is InChI=1S/C21H24N4/c22-19-14-16(7-8-20(19)25-11-1-2-12-25)13-17-5-4-10-24-21(17)18-6-3-9-23-15-18/h3,6-9,13-15H,1-2,4-5,10-12,22H2. The van der Waals surface area contributed by atoms with E-state index in [0.29, 0.717) is 0 Å². The van der Waals surface area contributed by atoms with Crippen LogP contribution < -0.4 is 10.6 Å². The minimum atomic E-state index is 0.868. The van der Waals surface area contributed by atoms with Crippen LogP contribution >= 0.6 is 0 Å². The number of allylic oxidation sites excluding steroid dienone is 1. The molecule has 1 aromatic carbocycles. The van der Waals surface area contributed by atoms with Crippen molar-refractivity contribution in [3.8, 4) is 0 Å². The number of anilines is 2. The van der Waals surface area contributed by atoms with Gasteiger partial charge < -0.3 is 10.6 Å². The molecule has 0 bridgehead atoms. The number of aliphatic imine (C=N–C) groups is 1. The first-order chi connectivity index (χ1) is 12.3. The van der Waals surface area contributed by atoms with Gasteiger partial charge in [0.15, 0.2) is 0 Å². The summed E-state index contributed by atoms with van der Waals surface area (Å²) in [7, 11) is 0. The lowest BCUT2D eigenvalue weighted by Crippen LogP contribution is -2.19. The van der Waals surface area contributed by atoms with E-state index in [1.54, 1.807) is 6.20 Å². The van der Waals surface area contributed by atoms with E-state index >= 15 is 0 Å². The molecule has 2 N–H and O–H groups in total. The maximum absolute atomic E-state index is 6.34. The van der Waals surface area contributed by atoms with Crippen molar-refractivity contribution in [2.45, 2.75) is 25.7 Å². The lowest BCUT2D eigenvalue weighted by molar-refractivity contribution is 0.818. The van der Waals surface area contributed by atoms with E-state index in [4.69, 9.17) is 10.7 Å². The number of rotatable bonds is 3. The molecule has 1 saturated heterocycles. The van der Waals surface area contributed by atoms with Crippen LogP contribution in [0.1, 0.15) is 36.8 Å². The minimum absolute atomic E-state index is 0.868. The van der Waals surface area contributed by atoms with Crippen LogP contribution in [0, 0.1) is 0 Å². The monoisotopic (exact) mass is 332 g/mol. The molecule has 4 nitrogen and oxygen atoms in total. The topological polar surface area (TPSA) is 54.5 Å². The summed E-state index contributed by atoms with van der Waals surface area (Å²) in [5.41, 5.74) is 13.0. The highest BCUT2D eigenvalue weighted by Gasteiger charge is 2.16. The van der Waals surface area contributed by atoms with Gasteiger partial charge >= 0.3 is 0 Å². The number of hydrogen-bond donors (Lipinski definition) is 1. The van der Waals surface area contributed by atoms with E-state index in [-0.39, 0.29) is 0 Å². The first-order valence-corrected chi connectivity index (χ1v) is 9.11. The van der Waals surface area contributed by atoms with Crippen LogP contribution in [0.5, 0.6) is 0 Å². The van der Waals surface area contributed by atoms with E-state index in [9.17, 15) is 0 Å². The zero-order valence-electron chi connectivity index (χ0n) is 14.5. The van der Waals surface area contributed by atoms with Gasteiger partial charge in [-0.15, -0.1) is 0 Å². The zero-order valence-corrected chi connectivity index (χ0v) is 14.5. The largest absolute Gasteiger partial charge is 0.397 e. The van der Waals surface area contributed by atoms with Gasteiger partial charge in [-0.3, -0.25) is 9.98 Å². The van der Waals surface area contributed by atoms with Gasteiger partial charge in [0, 0.05) is 37.6 Å². The number of hydrogen-bond acceptors (Lipinski definition) is 4. The number of pyridine rings is 1. The number of nitrogens with two attached hydrogens (primary N) is 1. The third-order valence-corrected chi connectivity index (χ3v) is 4.95. The quantitative estimate of drug-likeness (QED) is 0.867. The van der Waals surface area contributed by atoms with Crippen LogP contribution in [0.15, 0.2) is 53.3 Å². The normalized spacial score (nSPS) is 19.3. The van der Waals surface area contributed by atoms with E-state index < -0.39 is 0 Å². The molecule has 1 fully saturated rings. The first-order valence-electron chi connectivity index (χ1n) is 9.11. The highest BCUT2D eigenvalue weighted by molar-refractivity contribution is 6.15. The molecule has 0 spiro atoms. The van der Waals surface area contributed by atoms with E-state index in [0.717, 1.165) is 55.0 Å². The minimum Gasteiger partial charge on any atom is -0.397 e. The lowest BCUT2D eigenvalue weighted by atomic mass is 9.94. The van der Waals surface area contributed by atoms with Gasteiger partial charge in [-0.2, -0.15) is 0 Å². The van der Waals surface area contributed by atoms with E-state index in [1.807, 2.05) is 12.3 Å². The summed E-state index contributed by atoms with van der Waals surface area (Å²) in [6.45, 7) is 3.11. The smallest absolute Gasteiger partial charge is 0.0694 e. The van der Waals surface area contributed by atoms with Crippen LogP contribution in [0.25, 0.3) is 6.08 Å². The van der Waals surface area contributed by atoms with Crippen molar-refractivity contribution in [1.82, 2.24) is 4.98 Å². The van der Waals surface area contributed by atoms with Crippen LogP contribution in [0.3, 0.4) is 0 Å². The van der Waals surface area contributed by atoms with Crippen molar-refractivity contribution < 1.29 is 0 Å². The Hall–Kier alpha value is -2.62. The number of nitrogens with zero attached hydrogens (tertiary/aromatic N) is 3. The molecule has 4 rings (SSSR count). The Morgan fingerprint density at radius 3 is 2.72 bits per heavy atom. The molecule has 25 heavy (non-hydrogen) atoms. The summed E-state index contributed by atoms with van der Waals surface area (Å²) in [6.07, 6.45) is 10.6. The summed E-state index contributed by atoms with van der Waals surface area (Å²) in [5.74, 6) is 0. The summed E-state index contributed by atoms with van der Waals surface area (Å²) < 4.78 is 0. The molecule has 0 unspecified atom stereocenters. The third-order valence-electron chi connectivity index (χ3n) is 4.95. The molecule has 1 aromatic heterocycles. The van der Waals surface area contributed by atoms with Crippen LogP contribution in [-0.4, -0.2) is 30.3 Å². The second-order valence-corrected chi connectivity index (χ2v) is 6.76. The number of benzene rings is 1. The Balaban J connectivity index is 1.64. The van der Waals surface area contributed by atoms with Gasteiger partial charge in [0.2, 0.25) is 0 Å². The third kappa shape index (κ3) is 3.43. The van der Waals surface area contributed by atoms with Crippen molar-refractivity contribution in [1.29, 1.82) is 0 Å². The Bertz CT molecular complexity index is 802. The van der Waals surface area contributed by atoms with Crippen molar-refractivity contribution in [3.63, 3.8) is 0 Å². The molecular formula is C21H24N4. The van der Waals surface area contributed by atoms with Gasteiger partial charge in [-0.05, 0) is 67.2 Å². The summed E-state index contributed by atoms with van der Waals surface area (Å²) in [5, 5.41) is 0. The second-order valence-electron chi connectivity index (χ2n) is 6.76. The molecule has 0 radical (unpaired) electrons. The maximum atomic E-state index is 6.34. The number of nitrogen functional groups attached to an aromatic ring is 1. The maximum Gasteiger partial charge on any atom is 0.0694 e. The molecule has 0 aliphatic carbocycles. The Labute approximate surface area is 149 Å². The predicted octanol–water partition coefficient (Wildman–Crippen LogP) is 3.93. The highest BCUT2D eigenvalue weighted by Crippen LogP contribution is 2.29. The van der Waals surface area contributed by atoms with Crippen LogP contribution in [0.2, 0.25) is 0 Å². The van der Waals surface area contributed by atoms with Gasteiger partial charge in [-0.25, -0.2) is 0 Å². The van der Waals surface area contributed by atoms with Crippen molar-refractivity contribution in [3.05, 3.63) is 59.4 Å². The molecule has 2 aliphatic rings. The average Bonchev–Trinajstić information content (AvgIpc) is 3.17. The molecule has 3 heterocycles. The molecule has 128 valence electrons. The molecule has 0 amide bonds. The second kappa shape index (κ2) is 7.09. The number of aromatic nitrogens is 1.